The van der Waals surface area contributed by atoms with Crippen molar-refractivity contribution in [2.24, 2.45) is 5.41 Å². The van der Waals surface area contributed by atoms with Crippen LogP contribution >= 0.6 is 15.9 Å². The average molecular weight is 326 g/mol. The van der Waals surface area contributed by atoms with Gasteiger partial charge in [-0.3, -0.25) is 0 Å². The van der Waals surface area contributed by atoms with Crippen LogP contribution in [0.2, 0.25) is 0 Å². The molecule has 1 heterocycles. The first-order valence-corrected chi connectivity index (χ1v) is 7.99. The van der Waals surface area contributed by atoms with E-state index < -0.39 is 0 Å². The topological polar surface area (TPSA) is 21.3 Å². The number of ether oxygens (including phenoxy) is 1. The van der Waals surface area contributed by atoms with Crippen molar-refractivity contribution in [3.05, 3.63) is 28.2 Å². The van der Waals surface area contributed by atoms with Gasteiger partial charge in [0.15, 0.2) is 0 Å². The van der Waals surface area contributed by atoms with E-state index in [1.807, 2.05) is 12.1 Å². The third-order valence-corrected chi connectivity index (χ3v) is 5.07. The highest BCUT2D eigenvalue weighted by molar-refractivity contribution is 9.10. The number of rotatable bonds is 5. The summed E-state index contributed by atoms with van der Waals surface area (Å²) in [5.74, 6) is 1.00. The van der Waals surface area contributed by atoms with Gasteiger partial charge in [0.1, 0.15) is 5.75 Å². The summed E-state index contributed by atoms with van der Waals surface area (Å²) >= 11 is 3.54. The Hall–Kier alpha value is -0.540. The van der Waals surface area contributed by atoms with Crippen LogP contribution in [0, 0.1) is 12.3 Å². The molecule has 1 aliphatic heterocycles. The number of benzene rings is 1. The van der Waals surface area contributed by atoms with Crippen molar-refractivity contribution in [1.29, 1.82) is 0 Å². The van der Waals surface area contributed by atoms with E-state index in [1.165, 1.54) is 37.9 Å². The van der Waals surface area contributed by atoms with Gasteiger partial charge in [-0.15, -0.1) is 0 Å². The van der Waals surface area contributed by atoms with Gasteiger partial charge >= 0.3 is 0 Å². The van der Waals surface area contributed by atoms with Gasteiger partial charge in [0.2, 0.25) is 0 Å². The first kappa shape index (κ1) is 14.9. The van der Waals surface area contributed by atoms with Crippen molar-refractivity contribution in [2.75, 3.05) is 19.7 Å². The molecule has 0 bridgehead atoms. The maximum absolute atomic E-state index is 5.91. The van der Waals surface area contributed by atoms with E-state index in [1.54, 1.807) is 0 Å². The molecule has 0 aliphatic carbocycles. The number of halogens is 1. The summed E-state index contributed by atoms with van der Waals surface area (Å²) in [7, 11) is 0. The van der Waals surface area contributed by atoms with Crippen LogP contribution in [-0.2, 0) is 0 Å². The van der Waals surface area contributed by atoms with Gasteiger partial charge in [-0.05, 0) is 63.2 Å². The zero-order valence-corrected chi connectivity index (χ0v) is 13.6. The van der Waals surface area contributed by atoms with E-state index in [0.29, 0.717) is 5.41 Å². The quantitative estimate of drug-likeness (QED) is 0.814. The largest absolute Gasteiger partial charge is 0.493 e. The molecule has 0 spiro atoms. The molecule has 1 aromatic carbocycles. The van der Waals surface area contributed by atoms with Crippen molar-refractivity contribution in [3.63, 3.8) is 0 Å². The van der Waals surface area contributed by atoms with Gasteiger partial charge in [0, 0.05) is 10.0 Å². The molecule has 1 N–H and O–H groups in total. The van der Waals surface area contributed by atoms with Crippen LogP contribution in [0.5, 0.6) is 5.75 Å². The Morgan fingerprint density at radius 3 is 2.79 bits per heavy atom. The lowest BCUT2D eigenvalue weighted by atomic mass is 9.77. The molecule has 0 unspecified atom stereocenters. The summed E-state index contributed by atoms with van der Waals surface area (Å²) < 4.78 is 7.03. The van der Waals surface area contributed by atoms with E-state index in [2.05, 4.69) is 41.2 Å². The van der Waals surface area contributed by atoms with Crippen LogP contribution in [-0.4, -0.2) is 19.7 Å². The second-order valence-corrected chi connectivity index (χ2v) is 6.73. The first-order valence-electron chi connectivity index (χ1n) is 7.19. The lowest BCUT2D eigenvalue weighted by molar-refractivity contribution is 0.187. The minimum atomic E-state index is 0.515. The van der Waals surface area contributed by atoms with Crippen LogP contribution < -0.4 is 10.1 Å². The molecule has 19 heavy (non-hydrogen) atoms. The van der Waals surface area contributed by atoms with Crippen molar-refractivity contribution in [1.82, 2.24) is 5.32 Å². The molecule has 2 nitrogen and oxygen atoms in total. The fraction of sp³-hybridized carbons (Fsp3) is 0.625. The molecular weight excluding hydrogens is 302 g/mol. The Kier molecular flexibility index (Phi) is 5.28. The van der Waals surface area contributed by atoms with Crippen molar-refractivity contribution in [2.45, 2.75) is 39.5 Å². The maximum Gasteiger partial charge on any atom is 0.123 e. The lowest BCUT2D eigenvalue weighted by Gasteiger charge is -2.34. The fourth-order valence-corrected chi connectivity index (χ4v) is 3.05. The Bertz CT molecular complexity index is 413. The average Bonchev–Trinajstić information content (AvgIpc) is 2.40. The van der Waals surface area contributed by atoms with Crippen molar-refractivity contribution >= 4 is 15.9 Å². The van der Waals surface area contributed by atoms with Gasteiger partial charge in [0.05, 0.1) is 6.61 Å². The molecule has 1 fully saturated rings. The highest BCUT2D eigenvalue weighted by Crippen LogP contribution is 2.33. The Balaban J connectivity index is 1.76. The summed E-state index contributed by atoms with van der Waals surface area (Å²) in [4.78, 5) is 0. The molecule has 3 heteroatoms. The van der Waals surface area contributed by atoms with Gasteiger partial charge in [-0.2, -0.15) is 0 Å². The third kappa shape index (κ3) is 4.22. The number of hydrogen-bond acceptors (Lipinski definition) is 2. The predicted octanol–water partition coefficient (Wildman–Crippen LogP) is 4.31. The highest BCUT2D eigenvalue weighted by Gasteiger charge is 2.25. The standard InChI is InChI=1S/C16H24BrNO/c1-13-14(17)5-3-6-15(13)19-12-4-7-16(2)8-10-18-11-9-16/h3,5-6,18H,4,7-12H2,1-2H3. The summed E-state index contributed by atoms with van der Waals surface area (Å²) in [6.07, 6.45) is 5.00. The highest BCUT2D eigenvalue weighted by atomic mass is 79.9. The number of piperidine rings is 1. The molecule has 0 saturated carbocycles. The summed E-state index contributed by atoms with van der Waals surface area (Å²) in [5.41, 5.74) is 1.71. The van der Waals surface area contributed by atoms with Crippen molar-refractivity contribution < 1.29 is 4.74 Å². The minimum absolute atomic E-state index is 0.515. The van der Waals surface area contributed by atoms with E-state index >= 15 is 0 Å². The van der Waals surface area contributed by atoms with E-state index in [-0.39, 0.29) is 0 Å². The summed E-state index contributed by atoms with van der Waals surface area (Å²) in [5, 5.41) is 3.43. The zero-order valence-electron chi connectivity index (χ0n) is 12.0. The number of hydrogen-bond donors (Lipinski definition) is 1. The smallest absolute Gasteiger partial charge is 0.123 e. The SMILES string of the molecule is Cc1c(Br)cccc1OCCCC1(C)CCNCC1. The van der Waals surface area contributed by atoms with Gasteiger partial charge in [0.25, 0.3) is 0 Å². The van der Waals surface area contributed by atoms with Crippen LogP contribution in [0.15, 0.2) is 22.7 Å². The fourth-order valence-electron chi connectivity index (χ4n) is 2.71. The molecule has 2 rings (SSSR count). The monoisotopic (exact) mass is 325 g/mol. The van der Waals surface area contributed by atoms with Gasteiger partial charge in [-0.25, -0.2) is 0 Å². The summed E-state index contributed by atoms with van der Waals surface area (Å²) in [6, 6.07) is 6.13. The Labute approximate surface area is 125 Å². The van der Waals surface area contributed by atoms with Crippen LogP contribution in [0.4, 0.5) is 0 Å². The Morgan fingerprint density at radius 2 is 2.05 bits per heavy atom. The maximum atomic E-state index is 5.91. The first-order chi connectivity index (χ1) is 9.11. The second kappa shape index (κ2) is 6.76. The van der Waals surface area contributed by atoms with Crippen LogP contribution in [0.25, 0.3) is 0 Å². The molecule has 106 valence electrons. The second-order valence-electron chi connectivity index (χ2n) is 5.88. The van der Waals surface area contributed by atoms with E-state index in [0.717, 1.165) is 23.2 Å². The van der Waals surface area contributed by atoms with Gasteiger partial charge < -0.3 is 10.1 Å². The summed E-state index contributed by atoms with van der Waals surface area (Å²) in [6.45, 7) is 7.66. The zero-order chi connectivity index (χ0) is 13.7. The molecule has 0 radical (unpaired) electrons. The molecule has 0 aromatic heterocycles. The normalized spacial score (nSPS) is 18.3. The number of nitrogens with one attached hydrogen (secondary N) is 1. The Morgan fingerprint density at radius 1 is 1.32 bits per heavy atom. The van der Waals surface area contributed by atoms with E-state index in [4.69, 9.17) is 4.74 Å². The molecule has 0 atom stereocenters. The molecule has 0 amide bonds. The van der Waals surface area contributed by atoms with Gasteiger partial charge in [-0.1, -0.05) is 28.9 Å². The van der Waals surface area contributed by atoms with Crippen LogP contribution in [0.1, 0.15) is 38.2 Å². The molecule has 1 aromatic rings. The molecule has 1 aliphatic rings. The minimum Gasteiger partial charge on any atom is -0.493 e. The van der Waals surface area contributed by atoms with E-state index in [9.17, 15) is 0 Å². The van der Waals surface area contributed by atoms with Crippen molar-refractivity contribution in [3.8, 4) is 5.75 Å². The molecule has 1 saturated heterocycles. The van der Waals surface area contributed by atoms with Crippen LogP contribution in [0.3, 0.4) is 0 Å². The molecular formula is C16H24BrNO. The lowest BCUT2D eigenvalue weighted by Crippen LogP contribution is -2.34. The third-order valence-electron chi connectivity index (χ3n) is 4.21. The predicted molar refractivity (Wildman–Crippen MR) is 83.8 cm³/mol.